The minimum atomic E-state index is 0.137. The van der Waals surface area contributed by atoms with E-state index in [0.29, 0.717) is 19.1 Å². The van der Waals surface area contributed by atoms with Gasteiger partial charge in [-0.15, -0.1) is 0 Å². The molecule has 1 atom stereocenters. The van der Waals surface area contributed by atoms with E-state index in [2.05, 4.69) is 5.32 Å². The van der Waals surface area contributed by atoms with Crippen molar-refractivity contribution in [2.75, 3.05) is 19.7 Å². The maximum Gasteiger partial charge on any atom is 0.248 e. The van der Waals surface area contributed by atoms with Crippen molar-refractivity contribution in [2.45, 2.75) is 31.7 Å². The molecular weight excluding hydrogens is 168 g/mol. The zero-order chi connectivity index (χ0) is 9.10. The minimum absolute atomic E-state index is 0.137. The van der Waals surface area contributed by atoms with Crippen molar-refractivity contribution < 1.29 is 9.63 Å². The molecule has 13 heavy (non-hydrogen) atoms. The van der Waals surface area contributed by atoms with Crippen molar-refractivity contribution in [1.29, 1.82) is 0 Å². The molecule has 1 unspecified atom stereocenters. The number of hydrogen-bond donors (Lipinski definition) is 1. The van der Waals surface area contributed by atoms with Crippen LogP contribution in [0.5, 0.6) is 0 Å². The zero-order valence-electron chi connectivity index (χ0n) is 7.79. The Kier molecular flexibility index (Phi) is 2.80. The van der Waals surface area contributed by atoms with E-state index in [1.807, 2.05) is 0 Å². The molecule has 2 fully saturated rings. The van der Waals surface area contributed by atoms with Gasteiger partial charge in [-0.25, -0.2) is 5.06 Å². The van der Waals surface area contributed by atoms with Crippen LogP contribution in [0, 0.1) is 0 Å². The Bertz CT molecular complexity index is 190. The van der Waals surface area contributed by atoms with Gasteiger partial charge in [0.15, 0.2) is 0 Å². The summed E-state index contributed by atoms with van der Waals surface area (Å²) in [5.74, 6) is 0.137. The molecule has 2 aliphatic heterocycles. The largest absolute Gasteiger partial charge is 0.314 e. The molecule has 0 aromatic rings. The zero-order valence-corrected chi connectivity index (χ0v) is 7.79. The number of carbonyl (C=O) groups is 1. The number of hydrogen-bond acceptors (Lipinski definition) is 3. The number of carbonyl (C=O) groups excluding carboxylic acids is 1. The van der Waals surface area contributed by atoms with Crippen LogP contribution in [-0.2, 0) is 9.63 Å². The molecule has 4 heteroatoms. The van der Waals surface area contributed by atoms with Crippen LogP contribution < -0.4 is 5.32 Å². The molecule has 2 heterocycles. The Morgan fingerprint density at radius 3 is 3.15 bits per heavy atom. The summed E-state index contributed by atoms with van der Waals surface area (Å²) >= 11 is 0. The lowest BCUT2D eigenvalue weighted by molar-refractivity contribution is -0.162. The van der Waals surface area contributed by atoms with Crippen molar-refractivity contribution in [1.82, 2.24) is 10.4 Å². The van der Waals surface area contributed by atoms with E-state index in [1.165, 1.54) is 17.9 Å². The van der Waals surface area contributed by atoms with Gasteiger partial charge in [0.05, 0.1) is 19.6 Å². The fourth-order valence-corrected chi connectivity index (χ4v) is 1.91. The maximum atomic E-state index is 11.2. The summed E-state index contributed by atoms with van der Waals surface area (Å²) < 4.78 is 0. The van der Waals surface area contributed by atoms with E-state index >= 15 is 0 Å². The molecule has 0 saturated carbocycles. The van der Waals surface area contributed by atoms with Crippen LogP contribution in [0.2, 0.25) is 0 Å². The average molecular weight is 184 g/mol. The van der Waals surface area contributed by atoms with Crippen LogP contribution >= 0.6 is 0 Å². The predicted octanol–water partition coefficient (Wildman–Crippen LogP) is 0.292. The number of nitrogens with one attached hydrogen (secondary N) is 1. The van der Waals surface area contributed by atoms with Crippen LogP contribution in [0.4, 0.5) is 0 Å². The lowest BCUT2D eigenvalue weighted by Gasteiger charge is -2.16. The third-order valence-electron chi connectivity index (χ3n) is 2.68. The summed E-state index contributed by atoms with van der Waals surface area (Å²) in [6.45, 7) is 2.44. The van der Waals surface area contributed by atoms with Crippen LogP contribution in [-0.4, -0.2) is 36.7 Å². The van der Waals surface area contributed by atoms with Gasteiger partial charge >= 0.3 is 0 Å². The molecule has 0 aromatic heterocycles. The number of hydroxylamine groups is 2. The summed E-state index contributed by atoms with van der Waals surface area (Å²) in [7, 11) is 0. The van der Waals surface area contributed by atoms with Gasteiger partial charge < -0.3 is 5.32 Å². The summed E-state index contributed by atoms with van der Waals surface area (Å²) in [6, 6.07) is 0.594. The van der Waals surface area contributed by atoms with E-state index in [0.717, 1.165) is 19.5 Å². The fourth-order valence-electron chi connectivity index (χ4n) is 1.91. The van der Waals surface area contributed by atoms with Gasteiger partial charge in [0.25, 0.3) is 0 Å². The van der Waals surface area contributed by atoms with Crippen molar-refractivity contribution in [3.8, 4) is 0 Å². The highest BCUT2D eigenvalue weighted by Gasteiger charge is 2.23. The molecule has 2 rings (SSSR count). The Morgan fingerprint density at radius 1 is 1.62 bits per heavy atom. The second-order valence-electron chi connectivity index (χ2n) is 3.66. The quantitative estimate of drug-likeness (QED) is 0.685. The summed E-state index contributed by atoms with van der Waals surface area (Å²) in [5.41, 5.74) is 0. The standard InChI is InChI=1S/C9H16N2O2/c12-9-4-7-13-11(9)6-3-8-2-1-5-10-8/h8,10H,1-7H2. The van der Waals surface area contributed by atoms with Gasteiger partial charge in [-0.05, 0) is 25.8 Å². The molecule has 74 valence electrons. The highest BCUT2D eigenvalue weighted by Crippen LogP contribution is 2.12. The fraction of sp³-hybridized carbons (Fsp3) is 0.889. The van der Waals surface area contributed by atoms with Gasteiger partial charge in [0.2, 0.25) is 5.91 Å². The molecule has 2 aliphatic rings. The maximum absolute atomic E-state index is 11.2. The summed E-state index contributed by atoms with van der Waals surface area (Å²) in [4.78, 5) is 16.3. The van der Waals surface area contributed by atoms with Crippen molar-refractivity contribution in [3.63, 3.8) is 0 Å². The Hall–Kier alpha value is -0.610. The second-order valence-corrected chi connectivity index (χ2v) is 3.66. The Morgan fingerprint density at radius 2 is 2.54 bits per heavy atom. The second kappa shape index (κ2) is 4.07. The first-order valence-corrected chi connectivity index (χ1v) is 5.03. The van der Waals surface area contributed by atoms with Crippen molar-refractivity contribution >= 4 is 5.91 Å². The minimum Gasteiger partial charge on any atom is -0.314 e. The molecule has 1 N–H and O–H groups in total. The third-order valence-corrected chi connectivity index (χ3v) is 2.68. The monoisotopic (exact) mass is 184 g/mol. The lowest BCUT2D eigenvalue weighted by Crippen LogP contribution is -2.30. The van der Waals surface area contributed by atoms with Crippen molar-refractivity contribution in [2.24, 2.45) is 0 Å². The van der Waals surface area contributed by atoms with Crippen molar-refractivity contribution in [3.05, 3.63) is 0 Å². The van der Waals surface area contributed by atoms with Gasteiger partial charge in [0, 0.05) is 6.04 Å². The summed E-state index contributed by atoms with van der Waals surface area (Å²) in [5, 5.41) is 4.92. The molecule has 2 saturated heterocycles. The van der Waals surface area contributed by atoms with Crippen LogP contribution in [0.25, 0.3) is 0 Å². The molecule has 0 radical (unpaired) electrons. The first kappa shape index (κ1) is 8.97. The molecule has 0 bridgehead atoms. The first-order chi connectivity index (χ1) is 6.36. The molecule has 0 aromatic carbocycles. The average Bonchev–Trinajstić information content (AvgIpc) is 2.72. The van der Waals surface area contributed by atoms with Gasteiger partial charge in [-0.1, -0.05) is 0 Å². The number of nitrogens with zero attached hydrogens (tertiary/aromatic N) is 1. The Labute approximate surface area is 78.2 Å². The lowest BCUT2D eigenvalue weighted by atomic mass is 10.1. The van der Waals surface area contributed by atoms with Crippen LogP contribution in [0.3, 0.4) is 0 Å². The highest BCUT2D eigenvalue weighted by molar-refractivity contribution is 5.76. The van der Waals surface area contributed by atoms with Crippen LogP contribution in [0.1, 0.15) is 25.7 Å². The molecule has 1 amide bonds. The number of amides is 1. The highest BCUT2D eigenvalue weighted by atomic mass is 16.7. The molecule has 0 aliphatic carbocycles. The SMILES string of the molecule is O=C1CCON1CCC1CCCN1. The third kappa shape index (κ3) is 2.19. The normalized spacial score (nSPS) is 28.8. The summed E-state index contributed by atoms with van der Waals surface area (Å²) in [6.07, 6.45) is 4.07. The predicted molar refractivity (Wildman–Crippen MR) is 47.9 cm³/mol. The first-order valence-electron chi connectivity index (χ1n) is 5.03. The van der Waals surface area contributed by atoms with Gasteiger partial charge in [0.1, 0.15) is 0 Å². The smallest absolute Gasteiger partial charge is 0.248 e. The van der Waals surface area contributed by atoms with Gasteiger partial charge in [-0.3, -0.25) is 9.63 Å². The molecule has 4 nitrogen and oxygen atoms in total. The van der Waals surface area contributed by atoms with Crippen LogP contribution in [0.15, 0.2) is 0 Å². The number of rotatable bonds is 3. The van der Waals surface area contributed by atoms with E-state index in [1.54, 1.807) is 0 Å². The molecular formula is C9H16N2O2. The Balaban J connectivity index is 1.69. The van der Waals surface area contributed by atoms with E-state index in [4.69, 9.17) is 4.84 Å². The molecule has 0 spiro atoms. The topological polar surface area (TPSA) is 41.6 Å². The van der Waals surface area contributed by atoms with E-state index in [9.17, 15) is 4.79 Å². The van der Waals surface area contributed by atoms with E-state index < -0.39 is 0 Å². The van der Waals surface area contributed by atoms with E-state index in [-0.39, 0.29) is 5.91 Å². The van der Waals surface area contributed by atoms with Gasteiger partial charge in [-0.2, -0.15) is 0 Å².